The van der Waals surface area contributed by atoms with Crippen LogP contribution in [0.2, 0.25) is 0 Å². The number of nitrogens with zero attached hydrogens (tertiary/aromatic N) is 6. The molecule has 3 heterocycles. The predicted octanol–water partition coefficient (Wildman–Crippen LogP) is 1.03. The molecule has 1 amide bonds. The zero-order valence-corrected chi connectivity index (χ0v) is 15.0. The van der Waals surface area contributed by atoms with E-state index in [1.54, 1.807) is 10.9 Å². The van der Waals surface area contributed by atoms with E-state index in [1.807, 2.05) is 35.9 Å². The van der Waals surface area contributed by atoms with E-state index in [0.717, 1.165) is 42.9 Å². The maximum Gasteiger partial charge on any atom is 0.244 e. The van der Waals surface area contributed by atoms with Crippen LogP contribution in [0, 0.1) is 6.92 Å². The van der Waals surface area contributed by atoms with Gasteiger partial charge in [0.1, 0.15) is 6.54 Å². The molecule has 2 aromatic heterocycles. The molecule has 7 nitrogen and oxygen atoms in total. The van der Waals surface area contributed by atoms with Gasteiger partial charge in [-0.25, -0.2) is 0 Å². The summed E-state index contributed by atoms with van der Waals surface area (Å²) in [7, 11) is 1.93. The standard InChI is InChI=1S/C15H21BrN6O/c1-12-14(16)8-18-22(12)11-15(23)21-5-3-20(4-6-21)10-13-7-17-19(2)9-13/h7-9H,3-6,10-11H2,1-2H3. The Bertz CT molecular complexity index is 686. The minimum absolute atomic E-state index is 0.129. The molecule has 1 saturated heterocycles. The Morgan fingerprint density at radius 3 is 2.52 bits per heavy atom. The van der Waals surface area contributed by atoms with Gasteiger partial charge in [0, 0.05) is 51.5 Å². The van der Waals surface area contributed by atoms with Crippen molar-refractivity contribution in [1.82, 2.24) is 29.4 Å². The van der Waals surface area contributed by atoms with Crippen molar-refractivity contribution in [3.63, 3.8) is 0 Å². The maximum absolute atomic E-state index is 12.4. The average molecular weight is 381 g/mol. The lowest BCUT2D eigenvalue weighted by molar-refractivity contribution is -0.133. The Labute approximate surface area is 144 Å². The summed E-state index contributed by atoms with van der Waals surface area (Å²) in [4.78, 5) is 16.7. The van der Waals surface area contributed by atoms with Crippen LogP contribution in [-0.4, -0.2) is 61.4 Å². The van der Waals surface area contributed by atoms with Gasteiger partial charge in [0.25, 0.3) is 0 Å². The summed E-state index contributed by atoms with van der Waals surface area (Å²) < 4.78 is 4.50. The van der Waals surface area contributed by atoms with Gasteiger partial charge >= 0.3 is 0 Å². The number of hydrogen-bond donors (Lipinski definition) is 0. The third-order valence-corrected chi connectivity index (χ3v) is 5.00. The smallest absolute Gasteiger partial charge is 0.244 e. The summed E-state index contributed by atoms with van der Waals surface area (Å²) in [5.74, 6) is 0.129. The highest BCUT2D eigenvalue weighted by Gasteiger charge is 2.22. The zero-order chi connectivity index (χ0) is 16.4. The van der Waals surface area contributed by atoms with Gasteiger partial charge in [0.15, 0.2) is 0 Å². The first kappa shape index (κ1) is 16.2. The number of carbonyl (C=O) groups excluding carboxylic acids is 1. The van der Waals surface area contributed by atoms with Crippen LogP contribution < -0.4 is 0 Å². The third-order valence-electron chi connectivity index (χ3n) is 4.22. The lowest BCUT2D eigenvalue weighted by atomic mass is 10.2. The van der Waals surface area contributed by atoms with E-state index in [1.165, 1.54) is 5.56 Å². The molecule has 0 bridgehead atoms. The quantitative estimate of drug-likeness (QED) is 0.794. The van der Waals surface area contributed by atoms with Crippen molar-refractivity contribution in [3.05, 3.63) is 34.3 Å². The molecule has 1 aliphatic rings. The first-order chi connectivity index (χ1) is 11.0. The normalized spacial score (nSPS) is 16.0. The minimum Gasteiger partial charge on any atom is -0.339 e. The molecular formula is C15H21BrN6O. The molecule has 0 aliphatic carbocycles. The van der Waals surface area contributed by atoms with Gasteiger partial charge in [-0.05, 0) is 22.9 Å². The van der Waals surface area contributed by atoms with E-state index >= 15 is 0 Å². The monoisotopic (exact) mass is 380 g/mol. The summed E-state index contributed by atoms with van der Waals surface area (Å²) in [6.07, 6.45) is 5.67. The second kappa shape index (κ2) is 6.84. The van der Waals surface area contributed by atoms with Crippen LogP contribution in [-0.2, 0) is 24.9 Å². The molecule has 3 rings (SSSR count). The molecule has 0 spiro atoms. The molecule has 1 aliphatic heterocycles. The molecule has 124 valence electrons. The number of halogens is 1. The largest absolute Gasteiger partial charge is 0.339 e. The predicted molar refractivity (Wildman–Crippen MR) is 89.7 cm³/mol. The number of piperazine rings is 1. The zero-order valence-electron chi connectivity index (χ0n) is 13.4. The molecule has 1 fully saturated rings. The number of hydrogen-bond acceptors (Lipinski definition) is 4. The van der Waals surface area contributed by atoms with Gasteiger partial charge in [-0.2, -0.15) is 10.2 Å². The highest BCUT2D eigenvalue weighted by atomic mass is 79.9. The topological polar surface area (TPSA) is 59.2 Å². The van der Waals surface area contributed by atoms with Crippen molar-refractivity contribution in [2.45, 2.75) is 20.0 Å². The molecular weight excluding hydrogens is 360 g/mol. The molecule has 23 heavy (non-hydrogen) atoms. The molecule has 2 aromatic rings. The van der Waals surface area contributed by atoms with Crippen molar-refractivity contribution in [1.29, 1.82) is 0 Å². The Kier molecular flexibility index (Phi) is 4.82. The Morgan fingerprint density at radius 1 is 1.22 bits per heavy atom. The van der Waals surface area contributed by atoms with Crippen LogP contribution in [0.5, 0.6) is 0 Å². The van der Waals surface area contributed by atoms with Crippen molar-refractivity contribution in [2.75, 3.05) is 26.2 Å². The van der Waals surface area contributed by atoms with Crippen LogP contribution in [0.25, 0.3) is 0 Å². The van der Waals surface area contributed by atoms with E-state index in [-0.39, 0.29) is 5.91 Å². The lowest BCUT2D eigenvalue weighted by Crippen LogP contribution is -2.49. The third kappa shape index (κ3) is 3.81. The fraction of sp³-hybridized carbons (Fsp3) is 0.533. The fourth-order valence-electron chi connectivity index (χ4n) is 2.78. The van der Waals surface area contributed by atoms with Gasteiger partial charge in [-0.15, -0.1) is 0 Å². The van der Waals surface area contributed by atoms with Crippen molar-refractivity contribution in [2.24, 2.45) is 7.05 Å². The number of aromatic nitrogens is 4. The van der Waals surface area contributed by atoms with Gasteiger partial charge in [-0.3, -0.25) is 19.1 Å². The van der Waals surface area contributed by atoms with Gasteiger partial charge in [0.2, 0.25) is 5.91 Å². The van der Waals surface area contributed by atoms with E-state index in [4.69, 9.17) is 0 Å². The molecule has 8 heteroatoms. The summed E-state index contributed by atoms with van der Waals surface area (Å²) in [6.45, 7) is 6.46. The van der Waals surface area contributed by atoms with E-state index in [0.29, 0.717) is 6.54 Å². The molecule has 0 N–H and O–H groups in total. The molecule has 0 atom stereocenters. The lowest BCUT2D eigenvalue weighted by Gasteiger charge is -2.34. The van der Waals surface area contributed by atoms with E-state index in [9.17, 15) is 4.79 Å². The van der Waals surface area contributed by atoms with Crippen LogP contribution in [0.3, 0.4) is 0 Å². The number of carbonyl (C=O) groups is 1. The summed E-state index contributed by atoms with van der Waals surface area (Å²) in [5, 5.41) is 8.42. The highest BCUT2D eigenvalue weighted by Crippen LogP contribution is 2.15. The first-order valence-corrected chi connectivity index (χ1v) is 8.48. The van der Waals surface area contributed by atoms with Crippen molar-refractivity contribution < 1.29 is 4.79 Å². The molecule has 0 unspecified atom stereocenters. The Balaban J connectivity index is 1.50. The summed E-state index contributed by atoms with van der Waals surface area (Å²) >= 11 is 3.42. The Morgan fingerprint density at radius 2 is 1.96 bits per heavy atom. The Hall–Kier alpha value is -1.67. The minimum atomic E-state index is 0.129. The van der Waals surface area contributed by atoms with Gasteiger partial charge < -0.3 is 4.90 Å². The van der Waals surface area contributed by atoms with E-state index in [2.05, 4.69) is 31.0 Å². The fourth-order valence-corrected chi connectivity index (χ4v) is 3.07. The van der Waals surface area contributed by atoms with Crippen molar-refractivity contribution >= 4 is 21.8 Å². The number of aryl methyl sites for hydroxylation is 1. The van der Waals surface area contributed by atoms with Crippen LogP contribution in [0.15, 0.2) is 23.1 Å². The van der Waals surface area contributed by atoms with Gasteiger partial charge in [-0.1, -0.05) is 0 Å². The maximum atomic E-state index is 12.4. The molecule has 0 saturated carbocycles. The summed E-state index contributed by atoms with van der Waals surface area (Å²) in [6, 6.07) is 0. The second-order valence-electron chi connectivity index (χ2n) is 5.91. The van der Waals surface area contributed by atoms with Gasteiger partial charge in [0.05, 0.1) is 22.6 Å². The second-order valence-corrected chi connectivity index (χ2v) is 6.77. The SMILES string of the molecule is Cc1c(Br)cnn1CC(=O)N1CCN(Cc2cnn(C)c2)CC1. The van der Waals surface area contributed by atoms with E-state index < -0.39 is 0 Å². The number of amides is 1. The van der Waals surface area contributed by atoms with Crippen LogP contribution in [0.1, 0.15) is 11.3 Å². The highest BCUT2D eigenvalue weighted by molar-refractivity contribution is 9.10. The van der Waals surface area contributed by atoms with Crippen LogP contribution >= 0.6 is 15.9 Å². The van der Waals surface area contributed by atoms with Crippen molar-refractivity contribution in [3.8, 4) is 0 Å². The number of rotatable bonds is 4. The van der Waals surface area contributed by atoms with Crippen LogP contribution in [0.4, 0.5) is 0 Å². The molecule has 0 aromatic carbocycles. The average Bonchev–Trinajstić information content (AvgIpc) is 3.08. The molecule has 0 radical (unpaired) electrons. The first-order valence-electron chi connectivity index (χ1n) is 7.68. The summed E-state index contributed by atoms with van der Waals surface area (Å²) in [5.41, 5.74) is 2.19.